The van der Waals surface area contributed by atoms with Crippen LogP contribution in [0.25, 0.3) is 0 Å². The second-order valence-electron chi connectivity index (χ2n) is 3.95. The minimum absolute atomic E-state index is 0.245. The van der Waals surface area contributed by atoms with Gasteiger partial charge >= 0.3 is 0 Å². The fraction of sp³-hybridized carbons (Fsp3) is 0.444. The molecule has 0 saturated carbocycles. The maximum absolute atomic E-state index is 11.0. The number of fused-ring (bicyclic) bond motifs is 1. The molecule has 7 heteroatoms. The Balaban J connectivity index is 1.75. The molecule has 0 spiro atoms. The molecule has 1 aromatic heterocycles. The lowest BCUT2D eigenvalue weighted by molar-refractivity contribution is 0.0705. The average Bonchev–Trinajstić information content (AvgIpc) is 2.32. The van der Waals surface area contributed by atoms with E-state index >= 15 is 0 Å². The molecule has 1 aromatic rings. The Labute approximate surface area is 91.5 Å². The zero-order valence-electron chi connectivity index (χ0n) is 8.42. The molecule has 2 unspecified atom stereocenters. The van der Waals surface area contributed by atoms with Crippen LogP contribution in [0.2, 0.25) is 0 Å². The largest absolute Gasteiger partial charge is 0.333 e. The molecule has 0 aliphatic carbocycles. The normalized spacial score (nSPS) is 26.4. The summed E-state index contributed by atoms with van der Waals surface area (Å²) in [4.78, 5) is 21.3. The van der Waals surface area contributed by atoms with E-state index in [4.69, 9.17) is 5.21 Å². The lowest BCUT2D eigenvalue weighted by atomic mass is 9.89. The van der Waals surface area contributed by atoms with Crippen molar-refractivity contribution in [3.05, 3.63) is 18.0 Å². The zero-order chi connectivity index (χ0) is 11.1. The molecular weight excluding hydrogens is 210 g/mol. The average molecular weight is 221 g/mol. The fourth-order valence-corrected chi connectivity index (χ4v) is 1.99. The first-order valence-electron chi connectivity index (χ1n) is 5.06. The molecular formula is C9H11N5O2. The van der Waals surface area contributed by atoms with Gasteiger partial charge in [-0.2, -0.15) is 0 Å². The van der Waals surface area contributed by atoms with E-state index in [2.05, 4.69) is 20.2 Å². The third-order valence-corrected chi connectivity index (χ3v) is 3.11. The van der Waals surface area contributed by atoms with Gasteiger partial charge in [-0.05, 0) is 0 Å². The van der Waals surface area contributed by atoms with Crippen LogP contribution in [0.4, 0.5) is 5.95 Å². The summed E-state index contributed by atoms with van der Waals surface area (Å²) in [6.45, 7) is 1.88. The van der Waals surface area contributed by atoms with Crippen LogP contribution in [0, 0.1) is 0 Å². The van der Waals surface area contributed by atoms with E-state index in [1.54, 1.807) is 5.48 Å². The summed E-state index contributed by atoms with van der Waals surface area (Å²) in [6, 6.07) is 1.07. The summed E-state index contributed by atoms with van der Waals surface area (Å²) < 4.78 is 0. The molecule has 2 aliphatic heterocycles. The molecule has 3 heterocycles. The van der Waals surface area contributed by atoms with E-state index in [1.807, 2.05) is 0 Å². The van der Waals surface area contributed by atoms with Gasteiger partial charge in [0.25, 0.3) is 5.91 Å². The first kappa shape index (κ1) is 9.49. The molecule has 16 heavy (non-hydrogen) atoms. The summed E-state index contributed by atoms with van der Waals surface area (Å²) in [7, 11) is 0. The molecule has 2 atom stereocenters. The van der Waals surface area contributed by atoms with Gasteiger partial charge in [-0.15, -0.1) is 0 Å². The Morgan fingerprint density at radius 2 is 2.31 bits per heavy atom. The van der Waals surface area contributed by atoms with Crippen molar-refractivity contribution >= 4 is 11.9 Å². The van der Waals surface area contributed by atoms with Crippen LogP contribution in [-0.2, 0) is 0 Å². The van der Waals surface area contributed by atoms with Crippen LogP contribution in [0.5, 0.6) is 0 Å². The van der Waals surface area contributed by atoms with Crippen molar-refractivity contribution in [2.75, 3.05) is 18.0 Å². The number of hydrogen-bond acceptors (Lipinski definition) is 6. The van der Waals surface area contributed by atoms with E-state index < -0.39 is 5.91 Å². The summed E-state index contributed by atoms with van der Waals surface area (Å²) in [5, 5.41) is 11.7. The third kappa shape index (κ3) is 1.25. The molecule has 2 saturated heterocycles. The van der Waals surface area contributed by atoms with Crippen LogP contribution in [0.3, 0.4) is 0 Å². The van der Waals surface area contributed by atoms with Gasteiger partial charge in [0, 0.05) is 31.5 Å². The number of aromatic nitrogens is 2. The van der Waals surface area contributed by atoms with E-state index in [0.717, 1.165) is 13.1 Å². The number of carbonyl (C=O) groups is 1. The Morgan fingerprint density at radius 3 is 2.75 bits per heavy atom. The van der Waals surface area contributed by atoms with Crippen LogP contribution in [0.15, 0.2) is 12.4 Å². The van der Waals surface area contributed by atoms with Crippen molar-refractivity contribution in [1.82, 2.24) is 20.8 Å². The van der Waals surface area contributed by atoms with Crippen molar-refractivity contribution in [3.8, 4) is 0 Å². The Morgan fingerprint density at radius 1 is 1.56 bits per heavy atom. The molecule has 1 amide bonds. The first-order chi connectivity index (χ1) is 7.79. The highest BCUT2D eigenvalue weighted by Crippen LogP contribution is 2.27. The number of carbonyl (C=O) groups excluding carboxylic acids is 1. The Hall–Kier alpha value is -1.73. The van der Waals surface area contributed by atoms with Crippen molar-refractivity contribution < 1.29 is 10.0 Å². The Bertz CT molecular complexity index is 420. The van der Waals surface area contributed by atoms with Crippen LogP contribution in [-0.4, -0.2) is 46.3 Å². The van der Waals surface area contributed by atoms with Gasteiger partial charge in [0.05, 0.1) is 11.6 Å². The number of hydroxylamine groups is 1. The van der Waals surface area contributed by atoms with Crippen molar-refractivity contribution in [1.29, 1.82) is 0 Å². The van der Waals surface area contributed by atoms with Crippen LogP contribution in [0.1, 0.15) is 10.4 Å². The highest BCUT2D eigenvalue weighted by Gasteiger charge is 2.46. The minimum Gasteiger partial charge on any atom is -0.333 e. The lowest BCUT2D eigenvalue weighted by Gasteiger charge is -2.55. The third-order valence-electron chi connectivity index (χ3n) is 3.11. The first-order valence-corrected chi connectivity index (χ1v) is 5.06. The number of nitrogens with one attached hydrogen (secondary N) is 2. The highest BCUT2D eigenvalue weighted by atomic mass is 16.5. The highest BCUT2D eigenvalue weighted by molar-refractivity contribution is 5.92. The van der Waals surface area contributed by atoms with Crippen molar-refractivity contribution in [2.45, 2.75) is 12.1 Å². The molecule has 0 aromatic carbocycles. The van der Waals surface area contributed by atoms with E-state index in [9.17, 15) is 4.79 Å². The van der Waals surface area contributed by atoms with Crippen molar-refractivity contribution in [2.24, 2.45) is 0 Å². The summed E-state index contributed by atoms with van der Waals surface area (Å²) in [6.07, 6.45) is 2.82. The molecule has 7 nitrogen and oxygen atoms in total. The van der Waals surface area contributed by atoms with Gasteiger partial charge in [-0.1, -0.05) is 0 Å². The number of nitrogens with zero attached hydrogens (tertiary/aromatic N) is 3. The maximum Gasteiger partial charge on any atom is 0.277 e. The monoisotopic (exact) mass is 221 g/mol. The van der Waals surface area contributed by atoms with E-state index in [0.29, 0.717) is 18.0 Å². The number of amides is 1. The molecule has 0 bridgehead atoms. The van der Waals surface area contributed by atoms with Gasteiger partial charge in [0.2, 0.25) is 5.95 Å². The predicted octanol–water partition coefficient (Wildman–Crippen LogP) is -1.24. The van der Waals surface area contributed by atoms with Crippen LogP contribution >= 0.6 is 0 Å². The fourth-order valence-electron chi connectivity index (χ4n) is 1.99. The van der Waals surface area contributed by atoms with Gasteiger partial charge < -0.3 is 10.2 Å². The SMILES string of the molecule is O=C(NO)c1cnc(N2CC3NCC32)nc1. The summed E-state index contributed by atoms with van der Waals surface area (Å²) >= 11 is 0. The quantitative estimate of drug-likeness (QED) is 0.427. The molecule has 3 N–H and O–H groups in total. The van der Waals surface area contributed by atoms with Gasteiger partial charge in [0.1, 0.15) is 0 Å². The van der Waals surface area contributed by atoms with Crippen LogP contribution < -0.4 is 15.7 Å². The van der Waals surface area contributed by atoms with E-state index in [-0.39, 0.29) is 5.56 Å². The predicted molar refractivity (Wildman–Crippen MR) is 54.2 cm³/mol. The van der Waals surface area contributed by atoms with Gasteiger partial charge in [-0.3, -0.25) is 10.0 Å². The number of rotatable bonds is 2. The number of piperazine rings is 1. The molecule has 2 aliphatic rings. The second kappa shape index (κ2) is 3.39. The Kier molecular flexibility index (Phi) is 2.01. The summed E-state index contributed by atoms with van der Waals surface area (Å²) in [5.41, 5.74) is 1.79. The molecule has 3 rings (SSSR count). The van der Waals surface area contributed by atoms with Crippen molar-refractivity contribution in [3.63, 3.8) is 0 Å². The number of anilines is 1. The standard InChI is InChI=1S/C9H11N5O2/c15-8(13-16)5-1-11-9(12-2-5)14-4-6-7(14)3-10-6/h1-2,6-7,10,16H,3-4H2,(H,13,15). The van der Waals surface area contributed by atoms with Gasteiger partial charge in [-0.25, -0.2) is 15.4 Å². The second-order valence-corrected chi connectivity index (χ2v) is 3.95. The molecule has 0 radical (unpaired) electrons. The minimum atomic E-state index is -0.599. The zero-order valence-corrected chi connectivity index (χ0v) is 8.42. The number of hydrogen-bond donors (Lipinski definition) is 3. The molecule has 2 fully saturated rings. The summed E-state index contributed by atoms with van der Waals surface area (Å²) in [5.74, 6) is 0.0376. The topological polar surface area (TPSA) is 90.4 Å². The maximum atomic E-state index is 11.0. The molecule has 84 valence electrons. The lowest BCUT2D eigenvalue weighted by Crippen LogP contribution is -2.78. The van der Waals surface area contributed by atoms with Gasteiger partial charge in [0.15, 0.2) is 0 Å². The van der Waals surface area contributed by atoms with E-state index in [1.165, 1.54) is 12.4 Å². The smallest absolute Gasteiger partial charge is 0.277 e.